The summed E-state index contributed by atoms with van der Waals surface area (Å²) in [6, 6.07) is 3.93. The SMILES string of the molecule is CCOC(=O)NC([NH2+]Cc1ccc2c(c1)OCO2)(C(F)(F)F)C(F)(F)F. The molecule has 0 spiro atoms. The molecule has 26 heavy (non-hydrogen) atoms. The monoisotopic (exact) mass is 389 g/mol. The Hall–Kier alpha value is -2.37. The Bertz CT molecular complexity index is 648. The number of benzene rings is 1. The van der Waals surface area contributed by atoms with Crippen molar-refractivity contribution >= 4 is 6.09 Å². The molecule has 0 unspecified atom stereocenters. The highest BCUT2D eigenvalue weighted by molar-refractivity contribution is 5.68. The molecule has 3 N–H and O–H groups in total. The minimum atomic E-state index is -5.84. The number of ether oxygens (including phenoxy) is 3. The van der Waals surface area contributed by atoms with Crippen molar-refractivity contribution in [3.63, 3.8) is 0 Å². The van der Waals surface area contributed by atoms with Crippen LogP contribution < -0.4 is 20.1 Å². The zero-order chi connectivity index (χ0) is 19.6. The molecule has 1 aromatic carbocycles. The second kappa shape index (κ2) is 7.09. The van der Waals surface area contributed by atoms with Gasteiger partial charge in [-0.05, 0) is 25.1 Å². The van der Waals surface area contributed by atoms with E-state index in [1.165, 1.54) is 25.1 Å². The van der Waals surface area contributed by atoms with Gasteiger partial charge in [-0.3, -0.25) is 5.32 Å². The van der Waals surface area contributed by atoms with E-state index >= 15 is 0 Å². The lowest BCUT2D eigenvalue weighted by Crippen LogP contribution is -3.07. The number of fused-ring (bicyclic) bond motifs is 1. The number of quaternary nitrogens is 1. The molecule has 0 radical (unpaired) electrons. The third-order valence-corrected chi connectivity index (χ3v) is 3.55. The van der Waals surface area contributed by atoms with E-state index in [0.717, 1.165) is 5.32 Å². The first-order valence-corrected chi connectivity index (χ1v) is 7.31. The number of halogens is 6. The number of rotatable bonds is 5. The minimum absolute atomic E-state index is 0.0541. The van der Waals surface area contributed by atoms with E-state index in [4.69, 9.17) is 9.47 Å². The van der Waals surface area contributed by atoms with Gasteiger partial charge < -0.3 is 19.5 Å². The summed E-state index contributed by atoms with van der Waals surface area (Å²) in [5.41, 5.74) is -4.46. The van der Waals surface area contributed by atoms with E-state index < -0.39 is 30.7 Å². The molecule has 2 rings (SSSR count). The molecule has 146 valence electrons. The highest BCUT2D eigenvalue weighted by Crippen LogP contribution is 2.39. The standard InChI is InChI=1S/C14H14F6N2O4/c1-2-24-11(23)22-12(13(15,16)17,14(18,19)20)21-6-8-3-4-9-10(5-8)26-7-25-9/h3-5,21H,2,6-7H2,1H3,(H,22,23)/p+1. The van der Waals surface area contributed by atoms with Crippen LogP contribution in [0.1, 0.15) is 12.5 Å². The van der Waals surface area contributed by atoms with Gasteiger partial charge in [0.15, 0.2) is 11.5 Å². The Morgan fingerprint density at radius 3 is 2.35 bits per heavy atom. The number of carbonyl (C=O) groups excluding carboxylic acids is 1. The fourth-order valence-corrected chi connectivity index (χ4v) is 2.25. The van der Waals surface area contributed by atoms with Crippen molar-refractivity contribution in [1.82, 2.24) is 5.32 Å². The van der Waals surface area contributed by atoms with Gasteiger partial charge >= 0.3 is 24.1 Å². The highest BCUT2D eigenvalue weighted by atomic mass is 19.4. The molecule has 0 saturated heterocycles. The minimum Gasteiger partial charge on any atom is -0.454 e. The first kappa shape index (κ1) is 19.9. The molecule has 0 atom stereocenters. The number of nitrogens with two attached hydrogens (primary N) is 1. The fourth-order valence-electron chi connectivity index (χ4n) is 2.25. The number of carbonyl (C=O) groups is 1. The lowest BCUT2D eigenvalue weighted by Gasteiger charge is -2.34. The van der Waals surface area contributed by atoms with Crippen LogP contribution in [0.25, 0.3) is 0 Å². The van der Waals surface area contributed by atoms with Crippen LogP contribution in [0.5, 0.6) is 11.5 Å². The smallest absolute Gasteiger partial charge is 0.454 e. The quantitative estimate of drug-likeness (QED) is 0.597. The van der Waals surface area contributed by atoms with Gasteiger partial charge in [-0.15, -0.1) is 0 Å². The number of alkyl halides is 6. The molecule has 1 heterocycles. The van der Waals surface area contributed by atoms with Crippen LogP contribution in [-0.2, 0) is 11.3 Å². The van der Waals surface area contributed by atoms with Crippen LogP contribution >= 0.6 is 0 Å². The van der Waals surface area contributed by atoms with Crippen molar-refractivity contribution < 1.29 is 50.7 Å². The molecular weight excluding hydrogens is 374 g/mol. The zero-order valence-electron chi connectivity index (χ0n) is 13.3. The Morgan fingerprint density at radius 1 is 1.15 bits per heavy atom. The summed E-state index contributed by atoms with van der Waals surface area (Å²) in [6.07, 6.45) is -13.5. The first-order valence-electron chi connectivity index (χ1n) is 7.31. The number of alkyl carbamates (subject to hydrolysis) is 1. The second-order valence-electron chi connectivity index (χ2n) is 5.24. The van der Waals surface area contributed by atoms with Gasteiger partial charge in [0.25, 0.3) is 0 Å². The molecule has 0 saturated carbocycles. The Kier molecular flexibility index (Phi) is 5.44. The molecule has 1 aromatic rings. The van der Waals surface area contributed by atoms with Gasteiger partial charge in [-0.1, -0.05) is 0 Å². The molecule has 1 aliphatic heterocycles. The summed E-state index contributed by atoms with van der Waals surface area (Å²) in [6.45, 7) is 0.0164. The lowest BCUT2D eigenvalue weighted by atomic mass is 10.1. The van der Waals surface area contributed by atoms with Gasteiger partial charge in [0, 0.05) is 5.56 Å². The Balaban J connectivity index is 2.29. The van der Waals surface area contributed by atoms with Gasteiger partial charge in [0.2, 0.25) is 6.79 Å². The van der Waals surface area contributed by atoms with E-state index in [1.807, 2.05) is 0 Å². The van der Waals surface area contributed by atoms with Gasteiger partial charge in [-0.25, -0.2) is 4.79 Å². The van der Waals surface area contributed by atoms with Crippen molar-refractivity contribution in [3.05, 3.63) is 23.8 Å². The third kappa shape index (κ3) is 3.89. The van der Waals surface area contributed by atoms with Crippen LogP contribution in [0, 0.1) is 0 Å². The summed E-state index contributed by atoms with van der Waals surface area (Å²) in [5, 5.41) is 0.857. The zero-order valence-corrected chi connectivity index (χ0v) is 13.3. The van der Waals surface area contributed by atoms with Crippen LogP contribution in [-0.4, -0.2) is 37.5 Å². The Morgan fingerprint density at radius 2 is 1.77 bits per heavy atom. The average Bonchev–Trinajstić information content (AvgIpc) is 2.96. The largest absolute Gasteiger partial charge is 0.476 e. The van der Waals surface area contributed by atoms with E-state index in [9.17, 15) is 31.1 Å². The van der Waals surface area contributed by atoms with Crippen LogP contribution in [0.15, 0.2) is 18.2 Å². The first-order chi connectivity index (χ1) is 12.0. The summed E-state index contributed by atoms with van der Waals surface area (Å²) in [7, 11) is 0. The highest BCUT2D eigenvalue weighted by Gasteiger charge is 2.76. The number of nitrogens with one attached hydrogen (secondary N) is 1. The molecule has 1 amide bonds. The third-order valence-electron chi connectivity index (χ3n) is 3.55. The van der Waals surface area contributed by atoms with Crippen LogP contribution in [0.2, 0.25) is 0 Å². The van der Waals surface area contributed by atoms with Crippen LogP contribution in [0.4, 0.5) is 31.1 Å². The second-order valence-corrected chi connectivity index (χ2v) is 5.24. The normalized spacial score (nSPS) is 14.3. The summed E-state index contributed by atoms with van der Waals surface area (Å²) in [4.78, 5) is 11.3. The number of amides is 1. The maximum Gasteiger partial charge on any atom is 0.476 e. The fraction of sp³-hybridized carbons (Fsp3) is 0.500. The molecule has 1 aliphatic rings. The summed E-state index contributed by atoms with van der Waals surface area (Å²) >= 11 is 0. The van der Waals surface area contributed by atoms with Crippen molar-refractivity contribution in [3.8, 4) is 11.5 Å². The van der Waals surface area contributed by atoms with E-state index in [2.05, 4.69) is 4.74 Å². The molecule has 12 heteroatoms. The topological polar surface area (TPSA) is 73.4 Å². The van der Waals surface area contributed by atoms with Crippen molar-refractivity contribution in [2.45, 2.75) is 31.5 Å². The van der Waals surface area contributed by atoms with E-state index in [0.29, 0.717) is 5.75 Å². The van der Waals surface area contributed by atoms with E-state index in [1.54, 1.807) is 0 Å². The molecule has 0 fully saturated rings. The molecule has 6 nitrogen and oxygen atoms in total. The molecule has 0 bridgehead atoms. The van der Waals surface area contributed by atoms with Gasteiger partial charge in [0.1, 0.15) is 6.54 Å². The molecule has 0 aliphatic carbocycles. The lowest BCUT2D eigenvalue weighted by molar-refractivity contribution is -0.796. The molecular formula is C14H15F6N2O4+. The van der Waals surface area contributed by atoms with Crippen LogP contribution in [0.3, 0.4) is 0 Å². The van der Waals surface area contributed by atoms with E-state index in [-0.39, 0.29) is 30.0 Å². The summed E-state index contributed by atoms with van der Waals surface area (Å²) < 4.78 is 94.2. The van der Waals surface area contributed by atoms with Crippen molar-refractivity contribution in [1.29, 1.82) is 0 Å². The average molecular weight is 389 g/mol. The van der Waals surface area contributed by atoms with Gasteiger partial charge in [0.05, 0.1) is 6.61 Å². The summed E-state index contributed by atoms with van der Waals surface area (Å²) in [5.74, 6) is 0.537. The maximum atomic E-state index is 13.3. The number of hydrogen-bond donors (Lipinski definition) is 2. The number of hydrogen-bond acceptors (Lipinski definition) is 4. The predicted molar refractivity (Wildman–Crippen MR) is 73.2 cm³/mol. The molecule has 0 aromatic heterocycles. The van der Waals surface area contributed by atoms with Gasteiger partial charge in [-0.2, -0.15) is 26.3 Å². The maximum absolute atomic E-state index is 13.3. The van der Waals surface area contributed by atoms with Crippen molar-refractivity contribution in [2.75, 3.05) is 13.4 Å². The predicted octanol–water partition coefficient (Wildman–Crippen LogP) is 2.05. The van der Waals surface area contributed by atoms with Crippen molar-refractivity contribution in [2.24, 2.45) is 0 Å². The Labute approximate surface area is 143 Å².